The lowest BCUT2D eigenvalue weighted by atomic mass is 9.89. The Morgan fingerprint density at radius 3 is 2.11 bits per heavy atom. The summed E-state index contributed by atoms with van der Waals surface area (Å²) in [7, 11) is 0. The van der Waals surface area contributed by atoms with Crippen LogP contribution in [0.4, 0.5) is 0 Å². The summed E-state index contributed by atoms with van der Waals surface area (Å²) in [5.74, 6) is 1.19. The molecule has 0 bridgehead atoms. The molecule has 102 valence electrons. The molecular weight excluding hydrogens is 220 g/mol. The first kappa shape index (κ1) is 15.1. The van der Waals surface area contributed by atoms with Crippen molar-refractivity contribution in [1.29, 1.82) is 0 Å². The first-order valence-electron chi connectivity index (χ1n) is 7.54. The molecule has 1 aromatic rings. The molecule has 0 fully saturated rings. The molecule has 1 nitrogen and oxygen atoms in total. The Hall–Kier alpha value is -0.980. The van der Waals surface area contributed by atoms with Crippen molar-refractivity contribution < 1.29 is 5.11 Å². The molecule has 0 aliphatic heterocycles. The molecule has 1 unspecified atom stereocenters. The van der Waals surface area contributed by atoms with Crippen LogP contribution < -0.4 is 0 Å². The maximum Gasteiger partial charge on any atom is 0.115 e. The summed E-state index contributed by atoms with van der Waals surface area (Å²) >= 11 is 0. The molecule has 1 heteroatoms. The average molecular weight is 248 g/mol. The van der Waals surface area contributed by atoms with Gasteiger partial charge in [-0.1, -0.05) is 70.9 Å². The van der Waals surface area contributed by atoms with Gasteiger partial charge in [0.25, 0.3) is 0 Å². The number of phenolic OH excluding ortho intramolecular Hbond substituents is 1. The lowest BCUT2D eigenvalue weighted by molar-refractivity contribution is 0.412. The summed E-state index contributed by atoms with van der Waals surface area (Å²) < 4.78 is 0. The van der Waals surface area contributed by atoms with Gasteiger partial charge in [0.1, 0.15) is 5.75 Å². The van der Waals surface area contributed by atoms with Gasteiger partial charge in [-0.2, -0.15) is 0 Å². The van der Waals surface area contributed by atoms with Crippen LogP contribution in [-0.4, -0.2) is 5.11 Å². The Kier molecular flexibility index (Phi) is 7.55. The Morgan fingerprint density at radius 2 is 1.50 bits per heavy atom. The molecule has 0 aromatic heterocycles. The quantitative estimate of drug-likeness (QED) is 0.586. The minimum atomic E-state index is 0.370. The van der Waals surface area contributed by atoms with Crippen LogP contribution >= 0.6 is 0 Å². The number of aromatic hydroxyl groups is 1. The van der Waals surface area contributed by atoms with Crippen LogP contribution in [0.3, 0.4) is 0 Å². The van der Waals surface area contributed by atoms with E-state index >= 15 is 0 Å². The van der Waals surface area contributed by atoms with Crippen LogP contribution in [-0.2, 0) is 6.42 Å². The smallest absolute Gasteiger partial charge is 0.115 e. The summed E-state index contributed by atoms with van der Waals surface area (Å²) in [4.78, 5) is 0. The number of phenols is 1. The van der Waals surface area contributed by atoms with E-state index in [0.717, 1.165) is 5.92 Å². The zero-order valence-corrected chi connectivity index (χ0v) is 12.0. The van der Waals surface area contributed by atoms with E-state index in [2.05, 4.69) is 26.0 Å². The number of unbranched alkanes of at least 4 members (excludes halogenated alkanes) is 3. The van der Waals surface area contributed by atoms with Gasteiger partial charge in [-0.25, -0.2) is 0 Å². The highest BCUT2D eigenvalue weighted by molar-refractivity contribution is 5.26. The Morgan fingerprint density at radius 1 is 0.889 bits per heavy atom. The fourth-order valence-electron chi connectivity index (χ4n) is 2.49. The molecule has 0 aliphatic carbocycles. The summed E-state index contributed by atoms with van der Waals surface area (Å²) in [5, 5.41) is 9.31. The van der Waals surface area contributed by atoms with Crippen LogP contribution in [0.5, 0.6) is 5.75 Å². The molecule has 0 saturated heterocycles. The molecule has 1 aromatic carbocycles. The predicted molar refractivity (Wildman–Crippen MR) is 79.0 cm³/mol. The van der Waals surface area contributed by atoms with E-state index in [-0.39, 0.29) is 0 Å². The molecule has 0 spiro atoms. The van der Waals surface area contributed by atoms with Gasteiger partial charge >= 0.3 is 0 Å². The monoisotopic (exact) mass is 248 g/mol. The minimum absolute atomic E-state index is 0.370. The second kappa shape index (κ2) is 9.02. The van der Waals surface area contributed by atoms with E-state index < -0.39 is 0 Å². The van der Waals surface area contributed by atoms with Gasteiger partial charge in [0.05, 0.1) is 0 Å². The molecule has 18 heavy (non-hydrogen) atoms. The summed E-state index contributed by atoms with van der Waals surface area (Å²) in [5.41, 5.74) is 1.37. The SMILES string of the molecule is CCCCCC(CCCC)Cc1ccc(O)cc1. The van der Waals surface area contributed by atoms with Crippen LogP contribution in [0.2, 0.25) is 0 Å². The highest BCUT2D eigenvalue weighted by atomic mass is 16.3. The number of benzene rings is 1. The van der Waals surface area contributed by atoms with Gasteiger partial charge in [0.15, 0.2) is 0 Å². The lowest BCUT2D eigenvalue weighted by Crippen LogP contribution is -2.05. The average Bonchev–Trinajstić information content (AvgIpc) is 2.38. The largest absolute Gasteiger partial charge is 0.508 e. The van der Waals surface area contributed by atoms with E-state index in [1.807, 2.05) is 0 Å². The fourth-order valence-corrected chi connectivity index (χ4v) is 2.49. The van der Waals surface area contributed by atoms with Crippen LogP contribution in [0.1, 0.15) is 64.4 Å². The van der Waals surface area contributed by atoms with Crippen molar-refractivity contribution in [2.24, 2.45) is 5.92 Å². The Labute approximate surface area is 112 Å². The number of hydrogen-bond acceptors (Lipinski definition) is 1. The molecule has 0 aliphatic rings. The minimum Gasteiger partial charge on any atom is -0.508 e. The van der Waals surface area contributed by atoms with E-state index in [1.165, 1.54) is 56.9 Å². The molecule has 1 N–H and O–H groups in total. The second-order valence-corrected chi connectivity index (χ2v) is 5.37. The maximum absolute atomic E-state index is 9.31. The van der Waals surface area contributed by atoms with Crippen LogP contribution in [0.25, 0.3) is 0 Å². The van der Waals surface area contributed by atoms with Gasteiger partial charge < -0.3 is 5.11 Å². The molecule has 0 saturated carbocycles. The highest BCUT2D eigenvalue weighted by Gasteiger charge is 2.09. The molecule has 0 heterocycles. The van der Waals surface area contributed by atoms with E-state index in [1.54, 1.807) is 12.1 Å². The third-order valence-electron chi connectivity index (χ3n) is 3.64. The Balaban J connectivity index is 2.45. The highest BCUT2D eigenvalue weighted by Crippen LogP contribution is 2.22. The second-order valence-electron chi connectivity index (χ2n) is 5.37. The van der Waals surface area contributed by atoms with E-state index in [9.17, 15) is 5.11 Å². The van der Waals surface area contributed by atoms with Crippen molar-refractivity contribution in [3.8, 4) is 5.75 Å². The number of rotatable bonds is 9. The van der Waals surface area contributed by atoms with Crippen molar-refractivity contribution in [1.82, 2.24) is 0 Å². The Bertz CT molecular complexity index is 302. The molecule has 1 atom stereocenters. The van der Waals surface area contributed by atoms with Gasteiger partial charge in [-0.15, -0.1) is 0 Å². The topological polar surface area (TPSA) is 20.2 Å². The third kappa shape index (κ3) is 6.09. The van der Waals surface area contributed by atoms with Crippen molar-refractivity contribution in [2.75, 3.05) is 0 Å². The normalized spacial score (nSPS) is 12.6. The maximum atomic E-state index is 9.31. The van der Waals surface area contributed by atoms with E-state index in [0.29, 0.717) is 5.75 Å². The summed E-state index contributed by atoms with van der Waals surface area (Å²) in [6.45, 7) is 4.53. The zero-order chi connectivity index (χ0) is 13.2. The first-order valence-corrected chi connectivity index (χ1v) is 7.54. The van der Waals surface area contributed by atoms with Gasteiger partial charge in [-0.05, 0) is 30.0 Å². The number of hydrogen-bond donors (Lipinski definition) is 1. The van der Waals surface area contributed by atoms with Crippen molar-refractivity contribution in [3.63, 3.8) is 0 Å². The first-order chi connectivity index (χ1) is 8.76. The van der Waals surface area contributed by atoms with E-state index in [4.69, 9.17) is 0 Å². The predicted octanol–water partition coefficient (Wildman–Crippen LogP) is 5.32. The van der Waals surface area contributed by atoms with Gasteiger partial charge in [-0.3, -0.25) is 0 Å². The van der Waals surface area contributed by atoms with Gasteiger partial charge in [0.2, 0.25) is 0 Å². The van der Waals surface area contributed by atoms with Crippen LogP contribution in [0.15, 0.2) is 24.3 Å². The molecular formula is C17H28O. The molecule has 1 rings (SSSR count). The van der Waals surface area contributed by atoms with Crippen molar-refractivity contribution >= 4 is 0 Å². The van der Waals surface area contributed by atoms with Crippen molar-refractivity contribution in [3.05, 3.63) is 29.8 Å². The summed E-state index contributed by atoms with van der Waals surface area (Å²) in [6, 6.07) is 7.73. The zero-order valence-electron chi connectivity index (χ0n) is 12.0. The van der Waals surface area contributed by atoms with Gasteiger partial charge in [0, 0.05) is 0 Å². The molecule has 0 radical (unpaired) electrons. The fraction of sp³-hybridized carbons (Fsp3) is 0.647. The summed E-state index contributed by atoms with van der Waals surface area (Å²) in [6.07, 6.45) is 10.5. The van der Waals surface area contributed by atoms with Crippen LogP contribution in [0, 0.1) is 5.92 Å². The lowest BCUT2D eigenvalue weighted by Gasteiger charge is -2.16. The molecule has 0 amide bonds. The van der Waals surface area contributed by atoms with Crippen molar-refractivity contribution in [2.45, 2.75) is 65.2 Å². The standard InChI is InChI=1S/C17H28O/c1-3-5-7-9-15(8-6-4-2)14-16-10-12-17(18)13-11-16/h10-13,15,18H,3-9,14H2,1-2H3. The third-order valence-corrected chi connectivity index (χ3v) is 3.64.